The molecular formula is C11H20N2O2. The molecule has 1 N–H and O–H groups in total. The van der Waals surface area contributed by atoms with Crippen molar-refractivity contribution in [3.05, 3.63) is 0 Å². The molecule has 0 unspecified atom stereocenters. The maximum Gasteiger partial charge on any atom is 0.351 e. The average Bonchev–Trinajstić information content (AvgIpc) is 2.22. The van der Waals surface area contributed by atoms with Crippen molar-refractivity contribution < 1.29 is 9.59 Å². The Morgan fingerprint density at radius 3 is 2.33 bits per heavy atom. The molecule has 2 amide bonds. The summed E-state index contributed by atoms with van der Waals surface area (Å²) in [6.07, 6.45) is 9.64. The van der Waals surface area contributed by atoms with Crippen LogP contribution in [0.25, 0.3) is 0 Å². The Bertz CT molecular complexity index is 211. The molecule has 0 heterocycles. The number of nitrogens with zero attached hydrogens (tertiary/aromatic N) is 1. The second kappa shape index (κ2) is 10.9. The highest BCUT2D eigenvalue weighted by Crippen LogP contribution is 2.06. The fraction of sp³-hybridized carbons (Fsp3) is 0.818. The number of rotatable bonds is 8. The summed E-state index contributed by atoms with van der Waals surface area (Å²) in [7, 11) is 0. The SMILES string of the molecule is CCCCCCCCCNC(=O)N=C=O. The van der Waals surface area contributed by atoms with Crippen molar-refractivity contribution in [2.45, 2.75) is 51.9 Å². The molecule has 0 saturated carbocycles. The first-order valence-electron chi connectivity index (χ1n) is 5.67. The summed E-state index contributed by atoms with van der Waals surface area (Å²) in [5.41, 5.74) is 0. The van der Waals surface area contributed by atoms with E-state index in [1.165, 1.54) is 38.2 Å². The van der Waals surface area contributed by atoms with Crippen molar-refractivity contribution in [3.8, 4) is 0 Å². The Hall–Kier alpha value is -1.15. The summed E-state index contributed by atoms with van der Waals surface area (Å²) in [5.74, 6) is 0. The fourth-order valence-electron chi connectivity index (χ4n) is 1.36. The topological polar surface area (TPSA) is 58.5 Å². The minimum Gasteiger partial charge on any atom is -0.336 e. The molecule has 0 bridgehead atoms. The maximum absolute atomic E-state index is 10.7. The molecule has 0 aliphatic heterocycles. The van der Waals surface area contributed by atoms with E-state index < -0.39 is 6.03 Å². The minimum atomic E-state index is -0.587. The smallest absolute Gasteiger partial charge is 0.336 e. The van der Waals surface area contributed by atoms with Crippen LogP contribution in [0.15, 0.2) is 4.99 Å². The van der Waals surface area contributed by atoms with Crippen molar-refractivity contribution in [3.63, 3.8) is 0 Å². The highest BCUT2D eigenvalue weighted by atomic mass is 16.2. The van der Waals surface area contributed by atoms with Crippen LogP contribution in [0.4, 0.5) is 4.79 Å². The van der Waals surface area contributed by atoms with E-state index in [0.717, 1.165) is 12.8 Å². The lowest BCUT2D eigenvalue weighted by atomic mass is 10.1. The summed E-state index contributed by atoms with van der Waals surface area (Å²) in [6.45, 7) is 2.79. The van der Waals surface area contributed by atoms with E-state index in [1.54, 1.807) is 0 Å². The average molecular weight is 212 g/mol. The Morgan fingerprint density at radius 1 is 1.13 bits per heavy atom. The van der Waals surface area contributed by atoms with Gasteiger partial charge in [0, 0.05) is 6.54 Å². The van der Waals surface area contributed by atoms with Crippen molar-refractivity contribution in [2.24, 2.45) is 4.99 Å². The van der Waals surface area contributed by atoms with E-state index >= 15 is 0 Å². The molecule has 0 aliphatic rings. The molecule has 0 spiro atoms. The van der Waals surface area contributed by atoms with E-state index in [9.17, 15) is 9.59 Å². The van der Waals surface area contributed by atoms with Gasteiger partial charge in [-0.15, -0.1) is 4.99 Å². The third kappa shape index (κ3) is 10.8. The molecule has 4 heteroatoms. The lowest BCUT2D eigenvalue weighted by Crippen LogP contribution is -2.20. The molecule has 0 aliphatic carbocycles. The van der Waals surface area contributed by atoms with Crippen molar-refractivity contribution in [1.29, 1.82) is 0 Å². The molecule has 15 heavy (non-hydrogen) atoms. The van der Waals surface area contributed by atoms with Gasteiger partial charge in [0.05, 0.1) is 0 Å². The number of hydrogen-bond donors (Lipinski definition) is 1. The first-order valence-corrected chi connectivity index (χ1v) is 5.67. The number of carbonyl (C=O) groups is 1. The zero-order valence-electron chi connectivity index (χ0n) is 9.42. The van der Waals surface area contributed by atoms with Gasteiger partial charge in [-0.1, -0.05) is 45.4 Å². The summed E-state index contributed by atoms with van der Waals surface area (Å²) < 4.78 is 0. The second-order valence-corrected chi connectivity index (χ2v) is 3.56. The third-order valence-electron chi connectivity index (χ3n) is 2.20. The lowest BCUT2D eigenvalue weighted by Gasteiger charge is -2.01. The van der Waals surface area contributed by atoms with Gasteiger partial charge in [-0.25, -0.2) is 9.59 Å². The molecule has 0 radical (unpaired) electrons. The fourth-order valence-corrected chi connectivity index (χ4v) is 1.36. The number of nitrogens with one attached hydrogen (secondary N) is 1. The van der Waals surface area contributed by atoms with Crippen molar-refractivity contribution >= 4 is 12.1 Å². The van der Waals surface area contributed by atoms with Gasteiger partial charge >= 0.3 is 6.03 Å². The quantitative estimate of drug-likeness (QED) is 0.382. The normalized spacial score (nSPS) is 9.40. The summed E-state index contributed by atoms with van der Waals surface area (Å²) in [4.78, 5) is 23.3. The molecule has 0 saturated heterocycles. The molecule has 0 aromatic rings. The number of amides is 2. The number of urea groups is 1. The van der Waals surface area contributed by atoms with Crippen LogP contribution in [0.1, 0.15) is 51.9 Å². The first kappa shape index (κ1) is 13.8. The van der Waals surface area contributed by atoms with Gasteiger partial charge in [-0.3, -0.25) is 0 Å². The van der Waals surface area contributed by atoms with Crippen LogP contribution >= 0.6 is 0 Å². The Kier molecular flexibility index (Phi) is 10.1. The third-order valence-corrected chi connectivity index (χ3v) is 2.20. The first-order chi connectivity index (χ1) is 7.31. The zero-order chi connectivity index (χ0) is 11.4. The highest BCUT2D eigenvalue weighted by Gasteiger charge is 1.95. The lowest BCUT2D eigenvalue weighted by molar-refractivity contribution is 0.249. The van der Waals surface area contributed by atoms with Gasteiger partial charge in [-0.05, 0) is 6.42 Å². The van der Waals surface area contributed by atoms with Crippen LogP contribution in [-0.4, -0.2) is 18.7 Å². The van der Waals surface area contributed by atoms with Crippen molar-refractivity contribution in [2.75, 3.05) is 6.54 Å². The minimum absolute atomic E-state index is 0.587. The Balaban J connectivity index is 3.11. The van der Waals surface area contributed by atoms with Gasteiger partial charge < -0.3 is 5.32 Å². The van der Waals surface area contributed by atoms with Crippen LogP contribution in [0.2, 0.25) is 0 Å². The van der Waals surface area contributed by atoms with Crippen LogP contribution in [0.5, 0.6) is 0 Å². The second-order valence-electron chi connectivity index (χ2n) is 3.56. The van der Waals surface area contributed by atoms with Gasteiger partial charge in [0.15, 0.2) is 0 Å². The van der Waals surface area contributed by atoms with Gasteiger partial charge in [-0.2, -0.15) is 0 Å². The predicted octanol–water partition coefficient (Wildman–Crippen LogP) is 2.78. The number of isocyanates is 1. The van der Waals surface area contributed by atoms with E-state index in [2.05, 4.69) is 17.2 Å². The monoisotopic (exact) mass is 212 g/mol. The van der Waals surface area contributed by atoms with E-state index in [0.29, 0.717) is 6.54 Å². The molecule has 0 aromatic heterocycles. The standard InChI is InChI=1S/C11H20N2O2/c1-2-3-4-5-6-7-8-9-12-11(15)13-10-14/h2-9H2,1H3,(H,12,15). The zero-order valence-corrected chi connectivity index (χ0v) is 9.42. The van der Waals surface area contributed by atoms with E-state index in [1.807, 2.05) is 0 Å². The molecule has 4 nitrogen and oxygen atoms in total. The molecule has 0 fully saturated rings. The molecule has 86 valence electrons. The number of aliphatic imine (C=N–C) groups is 1. The number of hydrogen-bond acceptors (Lipinski definition) is 2. The van der Waals surface area contributed by atoms with Crippen LogP contribution in [0, 0.1) is 0 Å². The Labute approximate surface area is 91.2 Å². The number of carbonyl (C=O) groups excluding carboxylic acids is 2. The largest absolute Gasteiger partial charge is 0.351 e. The molecule has 0 aromatic carbocycles. The highest BCUT2D eigenvalue weighted by molar-refractivity contribution is 5.79. The van der Waals surface area contributed by atoms with Crippen molar-refractivity contribution in [1.82, 2.24) is 5.32 Å². The maximum atomic E-state index is 10.7. The predicted molar refractivity (Wildman–Crippen MR) is 59.5 cm³/mol. The summed E-state index contributed by atoms with van der Waals surface area (Å²) in [6, 6.07) is -0.587. The Morgan fingerprint density at radius 2 is 1.73 bits per heavy atom. The summed E-state index contributed by atoms with van der Waals surface area (Å²) in [5, 5.41) is 2.52. The van der Waals surface area contributed by atoms with Gasteiger partial charge in [0.25, 0.3) is 0 Å². The summed E-state index contributed by atoms with van der Waals surface area (Å²) >= 11 is 0. The van der Waals surface area contributed by atoms with E-state index in [-0.39, 0.29) is 0 Å². The molecule has 0 rings (SSSR count). The van der Waals surface area contributed by atoms with E-state index in [4.69, 9.17) is 0 Å². The van der Waals surface area contributed by atoms with Crippen LogP contribution in [0.3, 0.4) is 0 Å². The van der Waals surface area contributed by atoms with Gasteiger partial charge in [0.1, 0.15) is 0 Å². The van der Waals surface area contributed by atoms with Gasteiger partial charge in [0.2, 0.25) is 6.08 Å². The molecular weight excluding hydrogens is 192 g/mol. The number of unbranched alkanes of at least 4 members (excludes halogenated alkanes) is 6. The van der Waals surface area contributed by atoms with Crippen LogP contribution < -0.4 is 5.32 Å². The van der Waals surface area contributed by atoms with Crippen LogP contribution in [-0.2, 0) is 4.79 Å². The molecule has 0 atom stereocenters.